The minimum Gasteiger partial charge on any atom is -0.487 e. The van der Waals surface area contributed by atoms with Gasteiger partial charge in [-0.05, 0) is 18.6 Å². The molecule has 0 spiro atoms. The Morgan fingerprint density at radius 1 is 1.50 bits per heavy atom. The van der Waals surface area contributed by atoms with E-state index in [1.54, 1.807) is 31.2 Å². The van der Waals surface area contributed by atoms with Crippen LogP contribution in [0.1, 0.15) is 12.5 Å². The summed E-state index contributed by atoms with van der Waals surface area (Å²) in [4.78, 5) is 14.0. The molecule has 82 valence electrons. The SMILES string of the molecule is [C-]#[N+]c1ccc(C=C(OCC)C(=O)O)cc1. The summed E-state index contributed by atoms with van der Waals surface area (Å²) in [6.45, 7) is 8.81. The highest BCUT2D eigenvalue weighted by Gasteiger charge is 2.07. The number of ether oxygens (including phenoxy) is 1. The predicted molar refractivity (Wildman–Crippen MR) is 59.9 cm³/mol. The summed E-state index contributed by atoms with van der Waals surface area (Å²) in [6, 6.07) is 6.61. The molecule has 1 aromatic rings. The summed E-state index contributed by atoms with van der Waals surface area (Å²) in [7, 11) is 0. The lowest BCUT2D eigenvalue weighted by Crippen LogP contribution is -2.04. The third kappa shape index (κ3) is 3.14. The largest absolute Gasteiger partial charge is 0.487 e. The topological polar surface area (TPSA) is 50.9 Å². The molecule has 0 saturated carbocycles. The highest BCUT2D eigenvalue weighted by Crippen LogP contribution is 2.15. The van der Waals surface area contributed by atoms with Crippen LogP contribution in [0.3, 0.4) is 0 Å². The Bertz CT molecular complexity index is 440. The molecule has 0 aliphatic carbocycles. The number of carbonyl (C=O) groups is 1. The molecule has 0 saturated heterocycles. The molecule has 0 fully saturated rings. The number of benzene rings is 1. The standard InChI is InChI=1S/C12H11NO3/c1-3-16-11(12(14)15)8-9-4-6-10(13-2)7-5-9/h4-8H,3H2,1H3,(H,14,15). The van der Waals surface area contributed by atoms with Crippen LogP contribution in [0.25, 0.3) is 10.9 Å². The maximum Gasteiger partial charge on any atom is 0.371 e. The Kier molecular flexibility index (Phi) is 4.10. The number of hydrogen-bond donors (Lipinski definition) is 1. The van der Waals surface area contributed by atoms with Crippen molar-refractivity contribution in [3.8, 4) is 0 Å². The molecule has 1 aromatic carbocycles. The van der Waals surface area contributed by atoms with Gasteiger partial charge in [0.05, 0.1) is 13.2 Å². The van der Waals surface area contributed by atoms with Crippen LogP contribution in [0, 0.1) is 6.57 Å². The normalized spacial score (nSPS) is 10.6. The van der Waals surface area contributed by atoms with Crippen LogP contribution in [0.5, 0.6) is 0 Å². The van der Waals surface area contributed by atoms with E-state index < -0.39 is 5.97 Å². The minimum absolute atomic E-state index is 0.0990. The fraction of sp³-hybridized carbons (Fsp3) is 0.167. The van der Waals surface area contributed by atoms with E-state index >= 15 is 0 Å². The first kappa shape index (κ1) is 11.8. The molecule has 0 bridgehead atoms. The zero-order chi connectivity index (χ0) is 12.0. The first-order valence-corrected chi connectivity index (χ1v) is 4.72. The lowest BCUT2D eigenvalue weighted by molar-refractivity contribution is -0.136. The van der Waals surface area contributed by atoms with Crippen LogP contribution in [-0.4, -0.2) is 17.7 Å². The van der Waals surface area contributed by atoms with Gasteiger partial charge in [0.1, 0.15) is 0 Å². The molecule has 0 heterocycles. The Labute approximate surface area is 93.6 Å². The highest BCUT2D eigenvalue weighted by molar-refractivity contribution is 5.89. The first-order chi connectivity index (χ1) is 7.67. The van der Waals surface area contributed by atoms with Crippen molar-refractivity contribution < 1.29 is 14.6 Å². The molecule has 0 aliphatic rings. The second-order valence-corrected chi connectivity index (χ2v) is 2.95. The summed E-state index contributed by atoms with van der Waals surface area (Å²) in [5.41, 5.74) is 1.21. The average Bonchev–Trinajstić information content (AvgIpc) is 2.29. The van der Waals surface area contributed by atoms with Gasteiger partial charge in [-0.15, -0.1) is 0 Å². The second-order valence-electron chi connectivity index (χ2n) is 2.95. The Morgan fingerprint density at radius 2 is 2.12 bits per heavy atom. The molecule has 0 aliphatic heterocycles. The number of carboxylic acids is 1. The fourth-order valence-corrected chi connectivity index (χ4v) is 1.12. The zero-order valence-electron chi connectivity index (χ0n) is 8.80. The zero-order valence-corrected chi connectivity index (χ0v) is 8.80. The second kappa shape index (κ2) is 5.56. The third-order valence-corrected chi connectivity index (χ3v) is 1.83. The molecule has 0 unspecified atom stereocenters. The summed E-state index contributed by atoms with van der Waals surface area (Å²) < 4.78 is 4.96. The molecular weight excluding hydrogens is 206 g/mol. The molecule has 1 N–H and O–H groups in total. The van der Waals surface area contributed by atoms with Gasteiger partial charge in [-0.2, -0.15) is 0 Å². The van der Waals surface area contributed by atoms with Gasteiger partial charge in [0.2, 0.25) is 5.76 Å². The van der Waals surface area contributed by atoms with Crippen molar-refractivity contribution in [2.75, 3.05) is 6.61 Å². The van der Waals surface area contributed by atoms with Crippen molar-refractivity contribution in [3.63, 3.8) is 0 Å². The van der Waals surface area contributed by atoms with E-state index in [4.69, 9.17) is 16.4 Å². The average molecular weight is 217 g/mol. The van der Waals surface area contributed by atoms with Crippen molar-refractivity contribution >= 4 is 17.7 Å². The van der Waals surface area contributed by atoms with E-state index in [1.165, 1.54) is 6.08 Å². The van der Waals surface area contributed by atoms with Gasteiger partial charge in [0.15, 0.2) is 5.69 Å². The number of carboxylic acid groups (broad SMARTS) is 1. The molecule has 4 heteroatoms. The smallest absolute Gasteiger partial charge is 0.371 e. The van der Waals surface area contributed by atoms with Gasteiger partial charge in [0, 0.05) is 0 Å². The fourth-order valence-electron chi connectivity index (χ4n) is 1.12. The third-order valence-electron chi connectivity index (χ3n) is 1.83. The van der Waals surface area contributed by atoms with Crippen LogP contribution in [0.15, 0.2) is 30.0 Å². The number of rotatable bonds is 4. The van der Waals surface area contributed by atoms with E-state index in [2.05, 4.69) is 4.85 Å². The van der Waals surface area contributed by atoms with Crippen molar-refractivity contribution in [2.45, 2.75) is 6.92 Å². The molecule has 16 heavy (non-hydrogen) atoms. The molecule has 0 radical (unpaired) electrons. The number of nitrogens with zero attached hydrogens (tertiary/aromatic N) is 1. The highest BCUT2D eigenvalue weighted by atomic mass is 16.5. The van der Waals surface area contributed by atoms with Crippen LogP contribution in [-0.2, 0) is 9.53 Å². The lowest BCUT2D eigenvalue weighted by atomic mass is 10.2. The summed E-state index contributed by atoms with van der Waals surface area (Å²) in [6.07, 6.45) is 1.43. The summed E-state index contributed by atoms with van der Waals surface area (Å²) in [5.74, 6) is -1.20. The molecule has 1 rings (SSSR count). The van der Waals surface area contributed by atoms with Gasteiger partial charge in [0.25, 0.3) is 0 Å². The molecule has 0 amide bonds. The van der Waals surface area contributed by atoms with Crippen LogP contribution >= 0.6 is 0 Å². The molecule has 0 atom stereocenters. The van der Waals surface area contributed by atoms with Gasteiger partial charge in [-0.25, -0.2) is 9.64 Å². The van der Waals surface area contributed by atoms with Crippen LogP contribution in [0.4, 0.5) is 5.69 Å². The van der Waals surface area contributed by atoms with E-state index in [0.717, 1.165) is 0 Å². The van der Waals surface area contributed by atoms with E-state index in [-0.39, 0.29) is 5.76 Å². The quantitative estimate of drug-likeness (QED) is 0.479. The Hall–Kier alpha value is -2.28. The van der Waals surface area contributed by atoms with Crippen molar-refractivity contribution in [1.29, 1.82) is 0 Å². The maximum absolute atomic E-state index is 10.8. The van der Waals surface area contributed by atoms with E-state index in [9.17, 15) is 4.79 Å². The number of hydrogen-bond acceptors (Lipinski definition) is 2. The maximum atomic E-state index is 10.8. The predicted octanol–water partition coefficient (Wildman–Crippen LogP) is 2.70. The van der Waals surface area contributed by atoms with Crippen LogP contribution < -0.4 is 0 Å². The van der Waals surface area contributed by atoms with E-state index in [0.29, 0.717) is 17.9 Å². The van der Waals surface area contributed by atoms with Crippen molar-refractivity contribution in [1.82, 2.24) is 0 Å². The van der Waals surface area contributed by atoms with Crippen molar-refractivity contribution in [3.05, 3.63) is 47.0 Å². The summed E-state index contributed by atoms with van der Waals surface area (Å²) >= 11 is 0. The monoisotopic (exact) mass is 217 g/mol. The van der Waals surface area contributed by atoms with Crippen molar-refractivity contribution in [2.24, 2.45) is 0 Å². The minimum atomic E-state index is -1.10. The molecule has 4 nitrogen and oxygen atoms in total. The first-order valence-electron chi connectivity index (χ1n) is 4.72. The van der Waals surface area contributed by atoms with Gasteiger partial charge in [-0.3, -0.25) is 0 Å². The van der Waals surface area contributed by atoms with Gasteiger partial charge < -0.3 is 9.84 Å². The Morgan fingerprint density at radius 3 is 2.56 bits per heavy atom. The van der Waals surface area contributed by atoms with Gasteiger partial charge in [-0.1, -0.05) is 24.3 Å². The number of aliphatic carboxylic acids is 1. The molecule has 0 aromatic heterocycles. The van der Waals surface area contributed by atoms with E-state index in [1.807, 2.05) is 0 Å². The molecular formula is C12H11NO3. The summed E-state index contributed by atoms with van der Waals surface area (Å²) in [5, 5.41) is 8.82. The Balaban J connectivity index is 2.95. The van der Waals surface area contributed by atoms with Gasteiger partial charge >= 0.3 is 5.97 Å². The lowest BCUT2D eigenvalue weighted by Gasteiger charge is -2.03. The van der Waals surface area contributed by atoms with Crippen LogP contribution in [0.2, 0.25) is 0 Å².